The fourth-order valence-corrected chi connectivity index (χ4v) is 5.95. The molecule has 3 amide bonds. The number of rotatable bonds is 6. The van der Waals surface area contributed by atoms with Gasteiger partial charge in [0.05, 0.1) is 10.9 Å². The number of nitrogens with zero attached hydrogens (tertiary/aromatic N) is 3. The third kappa shape index (κ3) is 4.14. The van der Waals surface area contributed by atoms with E-state index < -0.39 is 10.0 Å². The predicted molar refractivity (Wildman–Crippen MR) is 94.3 cm³/mol. The van der Waals surface area contributed by atoms with Gasteiger partial charge in [0.1, 0.15) is 4.21 Å². The van der Waals surface area contributed by atoms with Gasteiger partial charge in [-0.25, -0.2) is 13.2 Å². The summed E-state index contributed by atoms with van der Waals surface area (Å²) >= 11 is 6.90. The Bertz CT molecular complexity index is 743. The second-order valence-corrected chi connectivity index (χ2v) is 9.74. The highest BCUT2D eigenvalue weighted by molar-refractivity contribution is 7.91. The molecule has 1 aromatic heterocycles. The van der Waals surface area contributed by atoms with Crippen LogP contribution in [0.3, 0.4) is 0 Å². The van der Waals surface area contributed by atoms with Gasteiger partial charge in [-0.3, -0.25) is 9.69 Å². The molecule has 0 radical (unpaired) electrons. The summed E-state index contributed by atoms with van der Waals surface area (Å²) < 4.78 is 27.3. The number of hydrogen-bond acceptors (Lipinski definition) is 6. The van der Waals surface area contributed by atoms with E-state index in [-0.39, 0.29) is 22.7 Å². The molecule has 0 unspecified atom stereocenters. The van der Waals surface area contributed by atoms with Crippen molar-refractivity contribution in [2.45, 2.75) is 10.6 Å². The number of piperazine rings is 1. The third-order valence-electron chi connectivity index (χ3n) is 4.27. The van der Waals surface area contributed by atoms with Gasteiger partial charge in [0.15, 0.2) is 0 Å². The van der Waals surface area contributed by atoms with Gasteiger partial charge >= 0.3 is 6.03 Å². The lowest BCUT2D eigenvalue weighted by molar-refractivity contribution is -0.125. The van der Waals surface area contributed by atoms with E-state index in [1.165, 1.54) is 15.3 Å². The molecule has 8 nitrogen and oxygen atoms in total. The maximum atomic E-state index is 12.5. The average molecular weight is 407 g/mol. The van der Waals surface area contributed by atoms with Crippen LogP contribution in [0.25, 0.3) is 0 Å². The van der Waals surface area contributed by atoms with Crippen molar-refractivity contribution >= 4 is 44.9 Å². The van der Waals surface area contributed by atoms with E-state index in [1.54, 1.807) is 6.07 Å². The summed E-state index contributed by atoms with van der Waals surface area (Å²) in [6.45, 7) is 3.26. The normalized spacial score (nSPS) is 20.3. The van der Waals surface area contributed by atoms with E-state index >= 15 is 0 Å². The van der Waals surface area contributed by atoms with Crippen molar-refractivity contribution in [2.24, 2.45) is 0 Å². The summed E-state index contributed by atoms with van der Waals surface area (Å²) in [7, 11) is -3.48. The number of sulfonamides is 1. The standard InChI is InChI=1S/C14H19ClN4O4S2/c15-11-2-3-13(24-11)25(22,23)18-8-6-17(7-9-18)4-1-5-19-12(20)10-16-14(19)21/h2-3H,1,4-10H2,(H,16,21). The van der Waals surface area contributed by atoms with E-state index in [4.69, 9.17) is 11.6 Å². The molecule has 11 heteroatoms. The molecule has 2 aliphatic rings. The molecule has 0 aromatic carbocycles. The van der Waals surface area contributed by atoms with Gasteiger partial charge in [0.25, 0.3) is 10.0 Å². The minimum atomic E-state index is -3.48. The van der Waals surface area contributed by atoms with Crippen LogP contribution >= 0.6 is 22.9 Å². The van der Waals surface area contributed by atoms with Crippen molar-refractivity contribution in [2.75, 3.05) is 45.8 Å². The Balaban J connectivity index is 1.46. The molecule has 25 heavy (non-hydrogen) atoms. The van der Waals surface area contributed by atoms with E-state index in [0.29, 0.717) is 43.5 Å². The second kappa shape index (κ2) is 7.58. The Kier molecular flexibility index (Phi) is 5.64. The molecule has 0 spiro atoms. The fraction of sp³-hybridized carbons (Fsp3) is 0.571. The quantitative estimate of drug-likeness (QED) is 0.700. The Labute approximate surface area is 155 Å². The van der Waals surface area contributed by atoms with Crippen molar-refractivity contribution in [1.82, 2.24) is 19.4 Å². The van der Waals surface area contributed by atoms with Gasteiger partial charge in [-0.15, -0.1) is 11.3 Å². The van der Waals surface area contributed by atoms with Crippen molar-refractivity contribution < 1.29 is 18.0 Å². The Hall–Kier alpha value is -1.20. The Morgan fingerprint density at radius 1 is 1.12 bits per heavy atom. The largest absolute Gasteiger partial charge is 0.329 e. The van der Waals surface area contributed by atoms with Crippen LogP contribution < -0.4 is 5.32 Å². The number of hydrogen-bond donors (Lipinski definition) is 1. The first-order valence-corrected chi connectivity index (χ1v) is 10.6. The third-order valence-corrected chi connectivity index (χ3v) is 7.86. The average Bonchev–Trinajstić information content (AvgIpc) is 3.16. The van der Waals surface area contributed by atoms with Crippen molar-refractivity contribution in [3.05, 3.63) is 16.5 Å². The molecule has 2 saturated heterocycles. The summed E-state index contributed by atoms with van der Waals surface area (Å²) in [4.78, 5) is 26.3. The van der Waals surface area contributed by atoms with E-state index in [9.17, 15) is 18.0 Å². The maximum absolute atomic E-state index is 12.5. The molecule has 0 aliphatic carbocycles. The van der Waals surface area contributed by atoms with Crippen LogP contribution in [0.5, 0.6) is 0 Å². The molecule has 0 bridgehead atoms. The molecule has 2 fully saturated rings. The number of amides is 3. The highest BCUT2D eigenvalue weighted by Gasteiger charge is 2.30. The SMILES string of the molecule is O=C1CNC(=O)N1CCCN1CCN(S(=O)(=O)c2ccc(Cl)s2)CC1. The number of carbonyl (C=O) groups excluding carboxylic acids is 2. The first-order chi connectivity index (χ1) is 11.9. The van der Waals surface area contributed by atoms with Gasteiger partial charge in [-0.1, -0.05) is 11.6 Å². The first kappa shape index (κ1) is 18.6. The number of thiophene rings is 1. The van der Waals surface area contributed by atoms with E-state index in [0.717, 1.165) is 17.9 Å². The summed E-state index contributed by atoms with van der Waals surface area (Å²) in [6.07, 6.45) is 0.673. The van der Waals surface area contributed by atoms with E-state index in [2.05, 4.69) is 10.2 Å². The van der Waals surface area contributed by atoms with Crippen LogP contribution in [-0.4, -0.2) is 80.3 Å². The zero-order valence-corrected chi connectivity index (χ0v) is 15.9. The molecule has 1 aromatic rings. The zero-order chi connectivity index (χ0) is 18.0. The molecule has 0 atom stereocenters. The molecule has 2 aliphatic heterocycles. The van der Waals surface area contributed by atoms with Crippen LogP contribution in [0.1, 0.15) is 6.42 Å². The second-order valence-electron chi connectivity index (χ2n) is 5.86. The van der Waals surface area contributed by atoms with Gasteiger partial charge in [0, 0.05) is 32.7 Å². The summed E-state index contributed by atoms with van der Waals surface area (Å²) in [5.74, 6) is -0.199. The lowest BCUT2D eigenvalue weighted by Gasteiger charge is -2.33. The van der Waals surface area contributed by atoms with Crippen molar-refractivity contribution in [3.63, 3.8) is 0 Å². The molecule has 1 N–H and O–H groups in total. The highest BCUT2D eigenvalue weighted by Crippen LogP contribution is 2.28. The fourth-order valence-electron chi connectivity index (χ4n) is 2.89. The van der Waals surface area contributed by atoms with Crippen LogP contribution in [0.2, 0.25) is 4.34 Å². The topological polar surface area (TPSA) is 90.0 Å². The van der Waals surface area contributed by atoms with Gasteiger partial charge in [0.2, 0.25) is 5.91 Å². The summed E-state index contributed by atoms with van der Waals surface area (Å²) in [5.41, 5.74) is 0. The molecule has 3 rings (SSSR count). The monoisotopic (exact) mass is 406 g/mol. The van der Waals surface area contributed by atoms with Crippen LogP contribution in [0.4, 0.5) is 4.79 Å². The lowest BCUT2D eigenvalue weighted by atomic mass is 10.3. The number of nitrogens with one attached hydrogen (secondary N) is 1. The molecular formula is C14H19ClN4O4S2. The summed E-state index contributed by atoms with van der Waals surface area (Å²) in [5, 5.41) is 2.49. The Morgan fingerprint density at radius 2 is 1.84 bits per heavy atom. The molecule has 138 valence electrons. The van der Waals surface area contributed by atoms with Gasteiger partial charge < -0.3 is 10.2 Å². The number of halogens is 1. The minimum absolute atomic E-state index is 0.0715. The smallest absolute Gasteiger partial charge is 0.324 e. The Morgan fingerprint density at radius 3 is 2.40 bits per heavy atom. The number of imide groups is 1. The predicted octanol–water partition coefficient (Wildman–Crippen LogP) is 0.650. The molecular weight excluding hydrogens is 388 g/mol. The lowest BCUT2D eigenvalue weighted by Crippen LogP contribution is -2.49. The minimum Gasteiger partial charge on any atom is -0.329 e. The number of carbonyl (C=O) groups is 2. The van der Waals surface area contributed by atoms with Gasteiger partial charge in [-0.2, -0.15) is 4.31 Å². The summed E-state index contributed by atoms with van der Waals surface area (Å²) in [6, 6.07) is 2.79. The first-order valence-electron chi connectivity index (χ1n) is 7.94. The van der Waals surface area contributed by atoms with Crippen LogP contribution in [-0.2, 0) is 14.8 Å². The molecule has 3 heterocycles. The van der Waals surface area contributed by atoms with Gasteiger partial charge in [-0.05, 0) is 25.1 Å². The van der Waals surface area contributed by atoms with Crippen molar-refractivity contribution in [3.8, 4) is 0 Å². The number of urea groups is 1. The molecule has 0 saturated carbocycles. The zero-order valence-electron chi connectivity index (χ0n) is 13.5. The van der Waals surface area contributed by atoms with Crippen LogP contribution in [0, 0.1) is 0 Å². The maximum Gasteiger partial charge on any atom is 0.324 e. The van der Waals surface area contributed by atoms with E-state index in [1.807, 2.05) is 0 Å². The van der Waals surface area contributed by atoms with Crippen molar-refractivity contribution in [1.29, 1.82) is 0 Å². The highest BCUT2D eigenvalue weighted by atomic mass is 35.5. The van der Waals surface area contributed by atoms with Crippen LogP contribution in [0.15, 0.2) is 16.3 Å².